The number of anilines is 1. The average Bonchev–Trinajstić information content (AvgIpc) is 2.69. The van der Waals surface area contributed by atoms with Crippen LogP contribution in [-0.2, 0) is 26.2 Å². The molecule has 0 aliphatic rings. The minimum Gasteiger partial charge on any atom is -0.350 e. The molecule has 0 bridgehead atoms. The lowest BCUT2D eigenvalue weighted by Gasteiger charge is -2.33. The van der Waals surface area contributed by atoms with Gasteiger partial charge in [0.1, 0.15) is 12.6 Å². The summed E-state index contributed by atoms with van der Waals surface area (Å²) in [6, 6.07) is 12.3. The Labute approximate surface area is 205 Å². The SMILES string of the molecule is CC(C(=O)NC(C)(C)C)N(Cc1c(Cl)cccc1Cl)C(=O)CN(c1ccccc1)S(C)(=O)=O. The topological polar surface area (TPSA) is 86.8 Å². The van der Waals surface area contributed by atoms with Gasteiger partial charge >= 0.3 is 0 Å². The fourth-order valence-electron chi connectivity index (χ4n) is 3.12. The molecule has 0 heterocycles. The first-order valence-electron chi connectivity index (χ1n) is 10.3. The Morgan fingerprint density at radius 2 is 1.55 bits per heavy atom. The second kappa shape index (κ2) is 10.8. The second-order valence-electron chi connectivity index (χ2n) is 8.74. The van der Waals surface area contributed by atoms with Crippen LogP contribution in [-0.4, -0.2) is 49.5 Å². The summed E-state index contributed by atoms with van der Waals surface area (Å²) >= 11 is 12.6. The molecule has 1 atom stereocenters. The number of hydrogen-bond donors (Lipinski definition) is 1. The molecule has 33 heavy (non-hydrogen) atoms. The van der Waals surface area contributed by atoms with Gasteiger partial charge in [0.15, 0.2) is 0 Å². The van der Waals surface area contributed by atoms with E-state index >= 15 is 0 Å². The normalized spacial score (nSPS) is 12.7. The van der Waals surface area contributed by atoms with Crippen LogP contribution in [0, 0.1) is 0 Å². The monoisotopic (exact) mass is 513 g/mol. The molecule has 1 N–H and O–H groups in total. The van der Waals surface area contributed by atoms with Crippen molar-refractivity contribution in [3.8, 4) is 0 Å². The van der Waals surface area contributed by atoms with E-state index < -0.39 is 34.1 Å². The lowest BCUT2D eigenvalue weighted by Crippen LogP contribution is -2.54. The lowest BCUT2D eigenvalue weighted by atomic mass is 10.1. The van der Waals surface area contributed by atoms with Gasteiger partial charge in [-0.05, 0) is 52.0 Å². The van der Waals surface area contributed by atoms with Gasteiger partial charge < -0.3 is 10.2 Å². The van der Waals surface area contributed by atoms with Crippen LogP contribution in [0.4, 0.5) is 5.69 Å². The Morgan fingerprint density at radius 3 is 2.03 bits per heavy atom. The van der Waals surface area contributed by atoms with Crippen molar-refractivity contribution in [2.75, 3.05) is 17.1 Å². The summed E-state index contributed by atoms with van der Waals surface area (Å²) in [5.41, 5.74) is 0.288. The minimum absolute atomic E-state index is 0.0670. The molecular formula is C23H29Cl2N3O4S. The molecule has 0 saturated carbocycles. The van der Waals surface area contributed by atoms with Gasteiger partial charge in [0, 0.05) is 27.7 Å². The maximum absolute atomic E-state index is 13.5. The first kappa shape index (κ1) is 27.0. The molecule has 1 unspecified atom stereocenters. The predicted octanol–water partition coefficient (Wildman–Crippen LogP) is 4.09. The van der Waals surface area contributed by atoms with Crippen molar-refractivity contribution in [3.63, 3.8) is 0 Å². The fourth-order valence-corrected chi connectivity index (χ4v) is 4.48. The lowest BCUT2D eigenvalue weighted by molar-refractivity contribution is -0.140. The van der Waals surface area contributed by atoms with E-state index in [9.17, 15) is 18.0 Å². The second-order valence-corrected chi connectivity index (χ2v) is 11.5. The third kappa shape index (κ3) is 7.62. The maximum Gasteiger partial charge on any atom is 0.244 e. The highest BCUT2D eigenvalue weighted by molar-refractivity contribution is 7.92. The summed E-state index contributed by atoms with van der Waals surface area (Å²) in [5, 5.41) is 3.53. The van der Waals surface area contributed by atoms with Crippen LogP contribution in [0.5, 0.6) is 0 Å². The number of nitrogens with one attached hydrogen (secondary N) is 1. The number of hydrogen-bond acceptors (Lipinski definition) is 4. The Bertz CT molecular complexity index is 1080. The van der Waals surface area contributed by atoms with Crippen LogP contribution in [0.25, 0.3) is 0 Å². The Hall–Kier alpha value is -2.29. The number of carbonyl (C=O) groups excluding carboxylic acids is 2. The first-order chi connectivity index (χ1) is 15.2. The summed E-state index contributed by atoms with van der Waals surface area (Å²) in [5.74, 6) is -0.957. The van der Waals surface area contributed by atoms with Crippen molar-refractivity contribution in [2.45, 2.75) is 45.8 Å². The Kier molecular flexibility index (Phi) is 8.79. The number of carbonyl (C=O) groups is 2. The zero-order valence-electron chi connectivity index (χ0n) is 19.3. The molecule has 10 heteroatoms. The van der Waals surface area contributed by atoms with Crippen molar-refractivity contribution in [1.29, 1.82) is 0 Å². The predicted molar refractivity (Wildman–Crippen MR) is 133 cm³/mol. The van der Waals surface area contributed by atoms with E-state index in [1.165, 1.54) is 4.90 Å². The minimum atomic E-state index is -3.78. The number of sulfonamides is 1. The highest BCUT2D eigenvalue weighted by atomic mass is 35.5. The molecule has 2 amide bonds. The number of halogens is 2. The van der Waals surface area contributed by atoms with Crippen molar-refractivity contribution in [1.82, 2.24) is 10.2 Å². The van der Waals surface area contributed by atoms with Crippen LogP contribution >= 0.6 is 23.2 Å². The largest absolute Gasteiger partial charge is 0.350 e. The molecule has 2 aromatic carbocycles. The zero-order chi connectivity index (χ0) is 25.0. The molecule has 0 spiro atoms. The van der Waals surface area contributed by atoms with Crippen LogP contribution in [0.3, 0.4) is 0 Å². The van der Waals surface area contributed by atoms with Gasteiger partial charge in [-0.1, -0.05) is 47.5 Å². The maximum atomic E-state index is 13.5. The van der Waals surface area contributed by atoms with E-state index in [0.717, 1.165) is 10.6 Å². The average molecular weight is 514 g/mol. The summed E-state index contributed by atoms with van der Waals surface area (Å²) in [4.78, 5) is 27.7. The summed E-state index contributed by atoms with van der Waals surface area (Å²) in [6.07, 6.45) is 1.03. The molecule has 0 saturated heterocycles. The van der Waals surface area contributed by atoms with Gasteiger partial charge in [0.2, 0.25) is 21.8 Å². The highest BCUT2D eigenvalue weighted by Crippen LogP contribution is 2.27. The molecule has 180 valence electrons. The van der Waals surface area contributed by atoms with Crippen molar-refractivity contribution in [3.05, 3.63) is 64.1 Å². The van der Waals surface area contributed by atoms with Gasteiger partial charge in [-0.25, -0.2) is 8.42 Å². The molecule has 0 aliphatic heterocycles. The smallest absolute Gasteiger partial charge is 0.244 e. The molecule has 0 radical (unpaired) electrons. The van der Waals surface area contributed by atoms with Crippen LogP contribution in [0.15, 0.2) is 48.5 Å². The van der Waals surface area contributed by atoms with Crippen LogP contribution in [0.2, 0.25) is 10.0 Å². The molecule has 0 aliphatic carbocycles. The first-order valence-corrected chi connectivity index (χ1v) is 12.9. The summed E-state index contributed by atoms with van der Waals surface area (Å²) in [6.45, 7) is 6.51. The number of nitrogens with zero attached hydrogens (tertiary/aromatic N) is 2. The van der Waals surface area contributed by atoms with E-state index in [1.54, 1.807) is 55.5 Å². The number of amides is 2. The zero-order valence-corrected chi connectivity index (χ0v) is 21.6. The molecule has 0 fully saturated rings. The summed E-state index contributed by atoms with van der Waals surface area (Å²) < 4.78 is 26.0. The van der Waals surface area contributed by atoms with Crippen molar-refractivity contribution < 1.29 is 18.0 Å². The summed E-state index contributed by atoms with van der Waals surface area (Å²) in [7, 11) is -3.78. The van der Waals surface area contributed by atoms with Gasteiger partial charge in [0.25, 0.3) is 0 Å². The standard InChI is InChI=1S/C23H29Cl2N3O4S/c1-16(22(30)26-23(2,3)4)27(14-18-19(24)12-9-13-20(18)25)21(29)15-28(33(5,31)32)17-10-7-6-8-11-17/h6-13,16H,14-15H2,1-5H3,(H,26,30). The van der Waals surface area contributed by atoms with Crippen LogP contribution in [0.1, 0.15) is 33.3 Å². The van der Waals surface area contributed by atoms with Gasteiger partial charge in [0.05, 0.1) is 11.9 Å². The highest BCUT2D eigenvalue weighted by Gasteiger charge is 2.32. The van der Waals surface area contributed by atoms with E-state index in [1.807, 2.05) is 20.8 Å². The number of rotatable bonds is 8. The number of benzene rings is 2. The molecule has 7 nitrogen and oxygen atoms in total. The Balaban J connectivity index is 2.44. The quantitative estimate of drug-likeness (QED) is 0.575. The van der Waals surface area contributed by atoms with E-state index in [0.29, 0.717) is 21.3 Å². The van der Waals surface area contributed by atoms with Crippen LogP contribution < -0.4 is 9.62 Å². The molecule has 2 rings (SSSR count). The molecular weight excluding hydrogens is 485 g/mol. The van der Waals surface area contributed by atoms with Crippen molar-refractivity contribution >= 4 is 50.7 Å². The molecule has 2 aromatic rings. The third-order valence-electron chi connectivity index (χ3n) is 4.78. The number of para-hydroxylation sites is 1. The third-order valence-corrected chi connectivity index (χ3v) is 6.63. The van der Waals surface area contributed by atoms with E-state index in [-0.39, 0.29) is 12.5 Å². The molecule has 0 aromatic heterocycles. The van der Waals surface area contributed by atoms with Gasteiger partial charge in [-0.15, -0.1) is 0 Å². The van der Waals surface area contributed by atoms with E-state index in [4.69, 9.17) is 23.2 Å². The van der Waals surface area contributed by atoms with Gasteiger partial charge in [-0.3, -0.25) is 13.9 Å². The van der Waals surface area contributed by atoms with Gasteiger partial charge in [-0.2, -0.15) is 0 Å². The Morgan fingerprint density at radius 1 is 1.00 bits per heavy atom. The fraction of sp³-hybridized carbons (Fsp3) is 0.391. The van der Waals surface area contributed by atoms with Crippen molar-refractivity contribution in [2.24, 2.45) is 0 Å². The van der Waals surface area contributed by atoms with E-state index in [2.05, 4.69) is 5.32 Å².